The average Bonchev–Trinajstić information content (AvgIpc) is 3.11. The Morgan fingerprint density at radius 2 is 2.05 bits per heavy atom. The number of carbonyl (C=O) groups is 2. The third-order valence-corrected chi connectivity index (χ3v) is 4.61. The number of amides is 2. The van der Waals surface area contributed by atoms with Gasteiger partial charge in [-0.15, -0.1) is 0 Å². The molecule has 116 valence electrons. The summed E-state index contributed by atoms with van der Waals surface area (Å²) in [5, 5.41) is 9.62. The molecule has 2 rings (SSSR count). The summed E-state index contributed by atoms with van der Waals surface area (Å²) in [6, 6.07) is 2.30. The van der Waals surface area contributed by atoms with Crippen molar-refractivity contribution in [2.24, 2.45) is 0 Å². The van der Waals surface area contributed by atoms with E-state index in [-0.39, 0.29) is 12.1 Å². The largest absolute Gasteiger partial charge is 0.346 e. The van der Waals surface area contributed by atoms with Crippen LogP contribution in [0.3, 0.4) is 0 Å². The third-order valence-electron chi connectivity index (χ3n) is 3.90. The van der Waals surface area contributed by atoms with Gasteiger partial charge in [-0.2, -0.15) is 11.3 Å². The van der Waals surface area contributed by atoms with Crippen LogP contribution >= 0.6 is 11.3 Å². The predicted molar refractivity (Wildman–Crippen MR) is 84.2 cm³/mol. The van der Waals surface area contributed by atoms with Gasteiger partial charge in [0.15, 0.2) is 0 Å². The third kappa shape index (κ3) is 4.54. The van der Waals surface area contributed by atoms with Crippen LogP contribution in [0.15, 0.2) is 16.8 Å². The summed E-state index contributed by atoms with van der Waals surface area (Å²) in [6.45, 7) is 0.431. The van der Waals surface area contributed by atoms with E-state index in [4.69, 9.17) is 0 Å². The molecule has 1 heterocycles. The molecule has 1 saturated carbocycles. The van der Waals surface area contributed by atoms with Gasteiger partial charge in [0.25, 0.3) is 0 Å². The summed E-state index contributed by atoms with van der Waals surface area (Å²) >= 11 is 1.63. The van der Waals surface area contributed by atoms with Gasteiger partial charge in [0.2, 0.25) is 0 Å². The Morgan fingerprint density at radius 3 is 2.62 bits per heavy atom. The Kier molecular flexibility index (Phi) is 5.76. The van der Waals surface area contributed by atoms with E-state index in [9.17, 15) is 9.59 Å². The standard InChI is InChI=1S/C15H23N3O2S/c1-18(2)13(11-7-8-21-10-11)9-16-14(19)15(20)17-12-5-3-4-6-12/h7-8,10,12-13H,3-6,9H2,1-2H3,(H,16,19)(H,17,20)/t13-/m1/s1. The minimum absolute atomic E-state index is 0.0829. The molecule has 1 aromatic heterocycles. The van der Waals surface area contributed by atoms with Gasteiger partial charge in [-0.05, 0) is 49.3 Å². The Hall–Kier alpha value is -1.40. The van der Waals surface area contributed by atoms with Gasteiger partial charge >= 0.3 is 11.8 Å². The molecule has 1 fully saturated rings. The van der Waals surface area contributed by atoms with E-state index in [1.807, 2.05) is 30.4 Å². The van der Waals surface area contributed by atoms with E-state index in [1.165, 1.54) is 0 Å². The van der Waals surface area contributed by atoms with E-state index in [1.54, 1.807) is 11.3 Å². The van der Waals surface area contributed by atoms with Crippen LogP contribution < -0.4 is 10.6 Å². The zero-order valence-corrected chi connectivity index (χ0v) is 13.4. The van der Waals surface area contributed by atoms with Crippen LogP contribution in [0.2, 0.25) is 0 Å². The second kappa shape index (κ2) is 7.56. The number of thiophene rings is 1. The van der Waals surface area contributed by atoms with Crippen molar-refractivity contribution in [3.05, 3.63) is 22.4 Å². The lowest BCUT2D eigenvalue weighted by molar-refractivity contribution is -0.139. The SMILES string of the molecule is CN(C)[C@H](CNC(=O)C(=O)NC1CCCC1)c1ccsc1. The monoisotopic (exact) mass is 309 g/mol. The number of hydrogen-bond donors (Lipinski definition) is 2. The summed E-state index contributed by atoms with van der Waals surface area (Å²) in [6.07, 6.45) is 4.23. The number of hydrogen-bond acceptors (Lipinski definition) is 4. The van der Waals surface area contributed by atoms with Crippen molar-refractivity contribution in [2.45, 2.75) is 37.8 Å². The zero-order valence-electron chi connectivity index (χ0n) is 12.6. The van der Waals surface area contributed by atoms with Crippen molar-refractivity contribution in [3.8, 4) is 0 Å². The molecule has 0 aliphatic heterocycles. The first-order valence-electron chi connectivity index (χ1n) is 7.35. The van der Waals surface area contributed by atoms with Crippen LogP contribution in [-0.4, -0.2) is 43.4 Å². The Balaban J connectivity index is 1.82. The van der Waals surface area contributed by atoms with Gasteiger partial charge in [0.05, 0.1) is 6.04 Å². The fourth-order valence-corrected chi connectivity index (χ4v) is 3.36. The number of nitrogens with zero attached hydrogens (tertiary/aromatic N) is 1. The molecule has 2 N–H and O–H groups in total. The summed E-state index contributed by atoms with van der Waals surface area (Å²) in [5.74, 6) is -1.05. The van der Waals surface area contributed by atoms with Crippen molar-refractivity contribution in [3.63, 3.8) is 0 Å². The first kappa shape index (κ1) is 16.0. The lowest BCUT2D eigenvalue weighted by Crippen LogP contribution is -2.45. The molecule has 1 aliphatic rings. The van der Waals surface area contributed by atoms with Crippen LogP contribution in [0.25, 0.3) is 0 Å². The minimum atomic E-state index is -0.538. The highest BCUT2D eigenvalue weighted by molar-refractivity contribution is 7.07. The summed E-state index contributed by atoms with van der Waals surface area (Å²) < 4.78 is 0. The van der Waals surface area contributed by atoms with Crippen LogP contribution in [0, 0.1) is 0 Å². The first-order chi connectivity index (χ1) is 10.1. The molecule has 5 nitrogen and oxygen atoms in total. The van der Waals surface area contributed by atoms with Gasteiger partial charge < -0.3 is 15.5 Å². The van der Waals surface area contributed by atoms with Gasteiger partial charge in [-0.1, -0.05) is 12.8 Å². The quantitative estimate of drug-likeness (QED) is 0.811. The van der Waals surface area contributed by atoms with Crippen molar-refractivity contribution in [1.82, 2.24) is 15.5 Å². The molecule has 0 bridgehead atoms. The molecule has 0 saturated heterocycles. The van der Waals surface area contributed by atoms with E-state index in [0.717, 1.165) is 31.2 Å². The predicted octanol–water partition coefficient (Wildman–Crippen LogP) is 1.53. The maximum atomic E-state index is 11.9. The summed E-state index contributed by atoms with van der Waals surface area (Å²) in [5.41, 5.74) is 1.15. The van der Waals surface area contributed by atoms with Crippen molar-refractivity contribution in [2.75, 3.05) is 20.6 Å². The summed E-state index contributed by atoms with van der Waals surface area (Å²) in [4.78, 5) is 25.8. The van der Waals surface area contributed by atoms with E-state index < -0.39 is 11.8 Å². The highest BCUT2D eigenvalue weighted by atomic mass is 32.1. The van der Waals surface area contributed by atoms with E-state index in [2.05, 4.69) is 16.0 Å². The molecule has 0 radical (unpaired) electrons. The fourth-order valence-electron chi connectivity index (χ4n) is 2.65. The second-order valence-corrected chi connectivity index (χ2v) is 6.48. The van der Waals surface area contributed by atoms with Gasteiger partial charge in [0, 0.05) is 12.6 Å². The van der Waals surface area contributed by atoms with Gasteiger partial charge in [-0.3, -0.25) is 9.59 Å². The zero-order chi connectivity index (χ0) is 15.2. The van der Waals surface area contributed by atoms with Gasteiger partial charge in [-0.25, -0.2) is 0 Å². The molecule has 0 aromatic carbocycles. The fraction of sp³-hybridized carbons (Fsp3) is 0.600. The molecule has 1 atom stereocenters. The smallest absolute Gasteiger partial charge is 0.309 e. The van der Waals surface area contributed by atoms with Crippen molar-refractivity contribution < 1.29 is 9.59 Å². The normalized spacial score (nSPS) is 16.9. The Morgan fingerprint density at radius 1 is 1.33 bits per heavy atom. The molecule has 1 aliphatic carbocycles. The maximum Gasteiger partial charge on any atom is 0.309 e. The highest BCUT2D eigenvalue weighted by Gasteiger charge is 2.22. The Labute approximate surface area is 129 Å². The number of rotatable bonds is 5. The molecule has 21 heavy (non-hydrogen) atoms. The molecule has 2 amide bonds. The lowest BCUT2D eigenvalue weighted by Gasteiger charge is -2.24. The van der Waals surface area contributed by atoms with Crippen molar-refractivity contribution in [1.29, 1.82) is 0 Å². The molecular formula is C15H23N3O2S. The van der Waals surface area contributed by atoms with E-state index in [0.29, 0.717) is 6.54 Å². The molecule has 6 heteroatoms. The van der Waals surface area contributed by atoms with Crippen LogP contribution in [0.1, 0.15) is 37.3 Å². The number of nitrogens with one attached hydrogen (secondary N) is 2. The second-order valence-electron chi connectivity index (χ2n) is 5.70. The van der Waals surface area contributed by atoms with Crippen molar-refractivity contribution >= 4 is 23.2 Å². The molecule has 1 aromatic rings. The molecule has 0 unspecified atom stereocenters. The average molecular weight is 309 g/mol. The Bertz CT molecular complexity index is 467. The molecular weight excluding hydrogens is 286 g/mol. The lowest BCUT2D eigenvalue weighted by atomic mass is 10.1. The first-order valence-corrected chi connectivity index (χ1v) is 8.29. The molecule has 0 spiro atoms. The van der Waals surface area contributed by atoms with Crippen LogP contribution in [0.5, 0.6) is 0 Å². The summed E-state index contributed by atoms with van der Waals surface area (Å²) in [7, 11) is 3.93. The van der Waals surface area contributed by atoms with Crippen LogP contribution in [0.4, 0.5) is 0 Å². The highest BCUT2D eigenvalue weighted by Crippen LogP contribution is 2.20. The minimum Gasteiger partial charge on any atom is -0.346 e. The van der Waals surface area contributed by atoms with Gasteiger partial charge in [0.1, 0.15) is 0 Å². The van der Waals surface area contributed by atoms with Crippen LogP contribution in [-0.2, 0) is 9.59 Å². The number of likely N-dealkylation sites (N-methyl/N-ethyl adjacent to an activating group) is 1. The maximum absolute atomic E-state index is 11.9. The topological polar surface area (TPSA) is 61.4 Å². The van der Waals surface area contributed by atoms with E-state index >= 15 is 0 Å². The number of carbonyl (C=O) groups excluding carboxylic acids is 2.